The fourth-order valence-electron chi connectivity index (χ4n) is 1.07. The summed E-state index contributed by atoms with van der Waals surface area (Å²) in [5.41, 5.74) is -0.0840. The average molecular weight is 334 g/mol. The molecule has 1 aromatic heterocycles. The molecule has 1 unspecified atom stereocenters. The number of amides is 1. The quantitative estimate of drug-likeness (QED) is 0.505. The number of aliphatic hydroxyl groups is 1. The van der Waals surface area contributed by atoms with Gasteiger partial charge in [-0.05, 0) is 25.8 Å². The van der Waals surface area contributed by atoms with E-state index in [4.69, 9.17) is 10.2 Å². The lowest BCUT2D eigenvalue weighted by Crippen LogP contribution is -2.36. The third kappa shape index (κ3) is 3.96. The molecule has 0 radical (unpaired) electrons. The molecule has 0 bridgehead atoms. The number of nitrogens with zero attached hydrogens (tertiary/aromatic N) is 2. The number of pyridine rings is 1. The fourth-order valence-corrected chi connectivity index (χ4v) is 1.47. The number of carboxylic acid groups (broad SMARTS) is 1. The summed E-state index contributed by atoms with van der Waals surface area (Å²) in [7, 11) is 0. The maximum Gasteiger partial charge on any atom is 0.364 e. The molecule has 0 fully saturated rings. The maximum absolute atomic E-state index is 11.7. The largest absolute Gasteiger partial charge is 0.479 e. The highest BCUT2D eigenvalue weighted by Gasteiger charge is 2.19. The second-order valence-corrected chi connectivity index (χ2v) is 4.20. The van der Waals surface area contributed by atoms with Crippen molar-refractivity contribution >= 4 is 33.6 Å². The molecule has 9 nitrogen and oxygen atoms in total. The van der Waals surface area contributed by atoms with Gasteiger partial charge in [0.05, 0.1) is 16.6 Å². The van der Waals surface area contributed by atoms with E-state index in [1.807, 2.05) is 0 Å². The zero-order valence-corrected chi connectivity index (χ0v) is 10.8. The smallest absolute Gasteiger partial charge is 0.364 e. The van der Waals surface area contributed by atoms with Crippen LogP contribution >= 0.6 is 15.9 Å². The molecule has 0 saturated heterocycles. The molecule has 1 heterocycles. The molecule has 0 aliphatic rings. The topological polar surface area (TPSA) is 143 Å². The number of aliphatic carboxylic acids is 1. The van der Waals surface area contributed by atoms with Crippen LogP contribution in [-0.4, -0.2) is 44.6 Å². The summed E-state index contributed by atoms with van der Waals surface area (Å²) in [5, 5.41) is 30.1. The lowest BCUT2D eigenvalue weighted by molar-refractivity contribution is -0.389. The van der Waals surface area contributed by atoms with Gasteiger partial charge in [-0.25, -0.2) is 4.79 Å². The van der Waals surface area contributed by atoms with Crippen molar-refractivity contribution in [1.82, 2.24) is 10.3 Å². The molecular weight excluding hydrogens is 326 g/mol. The minimum absolute atomic E-state index is 0.0840. The lowest BCUT2D eigenvalue weighted by Gasteiger charge is -2.08. The van der Waals surface area contributed by atoms with E-state index in [-0.39, 0.29) is 10.0 Å². The first kappa shape index (κ1) is 15.0. The van der Waals surface area contributed by atoms with E-state index in [9.17, 15) is 19.7 Å². The summed E-state index contributed by atoms with van der Waals surface area (Å²) in [5.74, 6) is -2.77. The highest BCUT2D eigenvalue weighted by atomic mass is 79.9. The Morgan fingerprint density at radius 2 is 2.21 bits per heavy atom. The number of rotatable bonds is 5. The molecule has 10 heteroatoms. The van der Waals surface area contributed by atoms with E-state index in [1.165, 1.54) is 0 Å². The van der Waals surface area contributed by atoms with Gasteiger partial charge in [0, 0.05) is 6.07 Å². The number of aromatic nitrogens is 1. The zero-order chi connectivity index (χ0) is 14.6. The molecule has 1 rings (SSSR count). The molecule has 1 aromatic rings. The molecule has 102 valence electrons. The monoisotopic (exact) mass is 333 g/mol. The van der Waals surface area contributed by atoms with Crippen LogP contribution in [-0.2, 0) is 4.79 Å². The number of carbonyl (C=O) groups is 2. The Hall–Kier alpha value is -2.07. The molecule has 0 aliphatic heterocycles. The lowest BCUT2D eigenvalue weighted by atomic mass is 10.2. The van der Waals surface area contributed by atoms with Gasteiger partial charge in [0.1, 0.15) is 0 Å². The normalized spacial score (nSPS) is 11.7. The highest BCUT2D eigenvalue weighted by Crippen LogP contribution is 2.19. The van der Waals surface area contributed by atoms with E-state index in [1.54, 1.807) is 0 Å². The van der Waals surface area contributed by atoms with Crippen molar-refractivity contribution < 1.29 is 24.7 Å². The number of carbonyl (C=O) groups excluding carboxylic acids is 1. The van der Waals surface area contributed by atoms with Crippen LogP contribution in [0.25, 0.3) is 0 Å². The Labute approximate surface area is 114 Å². The number of nitrogens with one attached hydrogen (secondary N) is 1. The van der Waals surface area contributed by atoms with Crippen LogP contribution in [0, 0.1) is 10.1 Å². The van der Waals surface area contributed by atoms with Crippen molar-refractivity contribution in [2.45, 2.75) is 6.10 Å². The number of nitro groups is 1. The van der Waals surface area contributed by atoms with E-state index in [2.05, 4.69) is 26.2 Å². The predicted octanol–water partition coefficient (Wildman–Crippen LogP) is -0.0724. The molecule has 0 saturated carbocycles. The van der Waals surface area contributed by atoms with Crippen molar-refractivity contribution in [3.63, 3.8) is 0 Å². The summed E-state index contributed by atoms with van der Waals surface area (Å²) in [6.45, 7) is -0.517. The highest BCUT2D eigenvalue weighted by molar-refractivity contribution is 9.10. The minimum Gasteiger partial charge on any atom is -0.479 e. The number of aliphatic hydroxyl groups excluding tert-OH is 1. The Morgan fingerprint density at radius 1 is 1.58 bits per heavy atom. The summed E-state index contributed by atoms with van der Waals surface area (Å²) < 4.78 is 0.209. The first-order valence-electron chi connectivity index (χ1n) is 4.82. The second-order valence-electron chi connectivity index (χ2n) is 3.34. The second kappa shape index (κ2) is 6.20. The summed E-state index contributed by atoms with van der Waals surface area (Å²) in [6, 6.07) is 0.937. The van der Waals surface area contributed by atoms with Gasteiger partial charge in [0.15, 0.2) is 12.3 Å². The fraction of sp³-hybridized carbons (Fsp3) is 0.222. The van der Waals surface area contributed by atoms with Crippen molar-refractivity contribution in [3.05, 3.63) is 32.4 Å². The third-order valence-corrected chi connectivity index (χ3v) is 2.65. The van der Waals surface area contributed by atoms with Gasteiger partial charge in [-0.3, -0.25) is 4.79 Å². The van der Waals surface area contributed by atoms with Crippen LogP contribution in [0.4, 0.5) is 5.82 Å². The van der Waals surface area contributed by atoms with Crippen molar-refractivity contribution in [1.29, 1.82) is 0 Å². The van der Waals surface area contributed by atoms with Crippen LogP contribution in [0.2, 0.25) is 0 Å². The summed E-state index contributed by atoms with van der Waals surface area (Å²) in [4.78, 5) is 35.2. The van der Waals surface area contributed by atoms with Crippen LogP contribution in [0.5, 0.6) is 0 Å². The Bertz CT molecular complexity index is 535. The van der Waals surface area contributed by atoms with Gasteiger partial charge in [-0.15, -0.1) is 0 Å². The molecule has 0 aromatic carbocycles. The first-order valence-corrected chi connectivity index (χ1v) is 5.61. The van der Waals surface area contributed by atoms with Crippen LogP contribution in [0.15, 0.2) is 16.7 Å². The minimum atomic E-state index is -1.75. The summed E-state index contributed by atoms with van der Waals surface area (Å²) in [6.07, 6.45) is -0.666. The molecule has 19 heavy (non-hydrogen) atoms. The van der Waals surface area contributed by atoms with Gasteiger partial charge in [-0.2, -0.15) is 0 Å². The molecular formula is C9H8BrN3O6. The van der Waals surface area contributed by atoms with E-state index >= 15 is 0 Å². The van der Waals surface area contributed by atoms with Gasteiger partial charge >= 0.3 is 11.8 Å². The Balaban J connectivity index is 2.84. The maximum atomic E-state index is 11.7. The van der Waals surface area contributed by atoms with E-state index in [0.29, 0.717) is 0 Å². The molecule has 0 aliphatic carbocycles. The average Bonchev–Trinajstić information content (AvgIpc) is 2.35. The van der Waals surface area contributed by atoms with Gasteiger partial charge in [0.2, 0.25) is 0 Å². The summed E-state index contributed by atoms with van der Waals surface area (Å²) >= 11 is 2.99. The standard InChI is InChI=1S/C9H8BrN3O6/c10-5-2-11-7(13(18)19)1-4(5)8(15)12-3-6(14)9(16)17/h1-2,6,14H,3H2,(H,12,15)(H,16,17). The van der Waals surface area contributed by atoms with E-state index < -0.39 is 35.3 Å². The van der Waals surface area contributed by atoms with Crippen molar-refractivity contribution in [2.75, 3.05) is 6.54 Å². The van der Waals surface area contributed by atoms with Crippen LogP contribution < -0.4 is 5.32 Å². The van der Waals surface area contributed by atoms with Crippen molar-refractivity contribution in [3.8, 4) is 0 Å². The van der Waals surface area contributed by atoms with E-state index in [0.717, 1.165) is 12.3 Å². The predicted molar refractivity (Wildman–Crippen MR) is 64.6 cm³/mol. The Kier molecular flexibility index (Phi) is 4.89. The van der Waals surface area contributed by atoms with Gasteiger partial charge in [0.25, 0.3) is 5.91 Å². The molecule has 0 spiro atoms. The number of halogens is 1. The molecule has 1 atom stereocenters. The zero-order valence-electron chi connectivity index (χ0n) is 9.24. The van der Waals surface area contributed by atoms with Gasteiger partial charge < -0.3 is 25.6 Å². The number of hydrogen-bond acceptors (Lipinski definition) is 6. The number of hydrogen-bond donors (Lipinski definition) is 3. The SMILES string of the molecule is O=C(NCC(O)C(=O)O)c1cc([N+](=O)[O-])ncc1Br. The molecule has 3 N–H and O–H groups in total. The third-order valence-electron chi connectivity index (χ3n) is 2.01. The van der Waals surface area contributed by atoms with Crippen LogP contribution in [0.3, 0.4) is 0 Å². The Morgan fingerprint density at radius 3 is 2.74 bits per heavy atom. The molecule has 1 amide bonds. The van der Waals surface area contributed by atoms with Gasteiger partial charge in [-0.1, -0.05) is 0 Å². The van der Waals surface area contributed by atoms with Crippen molar-refractivity contribution in [2.24, 2.45) is 0 Å². The first-order chi connectivity index (χ1) is 8.82. The number of carboxylic acids is 1. The van der Waals surface area contributed by atoms with Crippen LogP contribution in [0.1, 0.15) is 10.4 Å².